The second-order valence-electron chi connectivity index (χ2n) is 2.18. The summed E-state index contributed by atoms with van der Waals surface area (Å²) in [5, 5.41) is 0.864. The summed E-state index contributed by atoms with van der Waals surface area (Å²) in [6.45, 7) is 0. The van der Waals surface area contributed by atoms with Gasteiger partial charge in [0.15, 0.2) is 0 Å². The fraction of sp³-hybridized carbons (Fsp3) is 0.250. The first-order chi connectivity index (χ1) is 5.24. The maximum Gasteiger partial charge on any atom is 0.132 e. The number of benzene rings is 1. The Hall–Kier alpha value is 0.280. The number of hydrogen-bond acceptors (Lipinski definition) is 0. The van der Waals surface area contributed by atoms with Crippen molar-refractivity contribution in [3.63, 3.8) is 0 Å². The molecule has 0 aliphatic heterocycles. The van der Waals surface area contributed by atoms with Crippen LogP contribution in [0, 0.1) is 0 Å². The topological polar surface area (TPSA) is 0 Å². The van der Waals surface area contributed by atoms with Crippen molar-refractivity contribution in [2.75, 3.05) is 0 Å². The van der Waals surface area contributed by atoms with Crippen molar-refractivity contribution in [1.82, 2.24) is 0 Å². The van der Waals surface area contributed by atoms with Crippen molar-refractivity contribution in [3.05, 3.63) is 35.4 Å². The number of halogens is 3. The molecule has 0 N–H and O–H groups in total. The molecule has 0 heterocycles. The van der Waals surface area contributed by atoms with Gasteiger partial charge in [0.2, 0.25) is 0 Å². The summed E-state index contributed by atoms with van der Waals surface area (Å²) in [6, 6.07) is 7.87. The minimum atomic E-state index is -0.417. The molecule has 1 aromatic carbocycles. The third kappa shape index (κ3) is 2.66. The predicted octanol–water partition coefficient (Wildman–Crippen LogP) is 4.06. The summed E-state index contributed by atoms with van der Waals surface area (Å²) in [5.41, 5.74) is 2.17. The molecule has 1 rings (SSSR count). The third-order valence-electron chi connectivity index (χ3n) is 1.39. The Bertz CT molecular complexity index is 218. The standard InChI is InChI=1S/C8H7BrCl2/c9-5-6-1-3-7(4-2-6)8(10)11/h1-4,8H,5H2. The van der Waals surface area contributed by atoms with Gasteiger partial charge in [-0.25, -0.2) is 0 Å². The highest BCUT2D eigenvalue weighted by atomic mass is 79.9. The average Bonchev–Trinajstić information content (AvgIpc) is 2.05. The normalized spacial score (nSPS) is 10.5. The molecule has 0 amide bonds. The molecule has 0 nitrogen and oxygen atoms in total. The van der Waals surface area contributed by atoms with Crippen LogP contribution in [0.4, 0.5) is 0 Å². The first kappa shape index (κ1) is 9.37. The van der Waals surface area contributed by atoms with Crippen molar-refractivity contribution in [2.45, 2.75) is 10.2 Å². The average molecular weight is 254 g/mol. The van der Waals surface area contributed by atoms with E-state index in [0.29, 0.717) is 0 Å². The molecule has 0 aliphatic rings. The van der Waals surface area contributed by atoms with E-state index >= 15 is 0 Å². The number of alkyl halides is 3. The zero-order valence-electron chi connectivity index (χ0n) is 5.73. The molecule has 0 fully saturated rings. The lowest BCUT2D eigenvalue weighted by Gasteiger charge is -2.01. The molecular formula is C8H7BrCl2. The van der Waals surface area contributed by atoms with Crippen LogP contribution < -0.4 is 0 Å². The summed E-state index contributed by atoms with van der Waals surface area (Å²) in [4.78, 5) is -0.417. The largest absolute Gasteiger partial charge is 0.132 e. The molecule has 0 saturated heterocycles. The zero-order valence-corrected chi connectivity index (χ0v) is 8.83. The summed E-state index contributed by atoms with van der Waals surface area (Å²) in [7, 11) is 0. The van der Waals surface area contributed by atoms with Crippen molar-refractivity contribution >= 4 is 39.1 Å². The SMILES string of the molecule is ClC(Cl)c1ccc(CBr)cc1. The van der Waals surface area contributed by atoms with Crippen LogP contribution in [0.15, 0.2) is 24.3 Å². The van der Waals surface area contributed by atoms with Crippen LogP contribution in [-0.2, 0) is 5.33 Å². The lowest BCUT2D eigenvalue weighted by atomic mass is 10.2. The summed E-state index contributed by atoms with van der Waals surface area (Å²) < 4.78 is 0. The number of rotatable bonds is 2. The molecule has 0 saturated carbocycles. The highest BCUT2D eigenvalue weighted by Crippen LogP contribution is 2.24. The maximum atomic E-state index is 5.65. The van der Waals surface area contributed by atoms with E-state index in [0.717, 1.165) is 10.9 Å². The zero-order chi connectivity index (χ0) is 8.27. The van der Waals surface area contributed by atoms with Crippen LogP contribution in [0.2, 0.25) is 0 Å². The quantitative estimate of drug-likeness (QED) is 0.698. The lowest BCUT2D eigenvalue weighted by molar-refractivity contribution is 1.31. The fourth-order valence-electron chi connectivity index (χ4n) is 0.752. The van der Waals surface area contributed by atoms with Crippen molar-refractivity contribution in [1.29, 1.82) is 0 Å². The van der Waals surface area contributed by atoms with Gasteiger partial charge in [-0.2, -0.15) is 0 Å². The summed E-state index contributed by atoms with van der Waals surface area (Å²) in [5.74, 6) is 0. The third-order valence-corrected chi connectivity index (χ3v) is 2.54. The van der Waals surface area contributed by atoms with E-state index in [-0.39, 0.29) is 0 Å². The molecular weight excluding hydrogens is 247 g/mol. The van der Waals surface area contributed by atoms with Crippen molar-refractivity contribution < 1.29 is 0 Å². The Morgan fingerprint density at radius 1 is 1.18 bits per heavy atom. The van der Waals surface area contributed by atoms with Gasteiger partial charge in [0, 0.05) is 5.33 Å². The Balaban J connectivity index is 2.83. The van der Waals surface area contributed by atoms with Crippen LogP contribution in [0.1, 0.15) is 16.0 Å². The van der Waals surface area contributed by atoms with Gasteiger partial charge >= 0.3 is 0 Å². The first-order valence-corrected chi connectivity index (χ1v) is 5.16. The molecule has 0 aliphatic carbocycles. The molecule has 0 spiro atoms. The van der Waals surface area contributed by atoms with Gasteiger partial charge in [0.05, 0.1) is 0 Å². The molecule has 0 atom stereocenters. The summed E-state index contributed by atoms with van der Waals surface area (Å²) >= 11 is 14.7. The van der Waals surface area contributed by atoms with Crippen molar-refractivity contribution in [2.24, 2.45) is 0 Å². The van der Waals surface area contributed by atoms with Gasteiger partial charge in [0.25, 0.3) is 0 Å². The highest BCUT2D eigenvalue weighted by Gasteiger charge is 2.01. The predicted molar refractivity (Wildman–Crippen MR) is 53.5 cm³/mol. The van der Waals surface area contributed by atoms with Crippen LogP contribution >= 0.6 is 39.1 Å². The first-order valence-electron chi connectivity index (χ1n) is 3.17. The Kier molecular flexibility index (Phi) is 3.70. The molecule has 60 valence electrons. The molecule has 0 radical (unpaired) electrons. The van der Waals surface area contributed by atoms with Gasteiger partial charge in [-0.1, -0.05) is 40.2 Å². The second kappa shape index (κ2) is 4.34. The smallest absolute Gasteiger partial charge is 0.100 e. The minimum absolute atomic E-state index is 0.417. The Morgan fingerprint density at radius 3 is 2.09 bits per heavy atom. The van der Waals surface area contributed by atoms with E-state index in [1.54, 1.807) is 0 Å². The van der Waals surface area contributed by atoms with Crippen LogP contribution in [0.5, 0.6) is 0 Å². The monoisotopic (exact) mass is 252 g/mol. The fourth-order valence-corrected chi connectivity index (χ4v) is 1.42. The van der Waals surface area contributed by atoms with E-state index in [1.807, 2.05) is 24.3 Å². The van der Waals surface area contributed by atoms with E-state index in [9.17, 15) is 0 Å². The van der Waals surface area contributed by atoms with Gasteiger partial charge in [0.1, 0.15) is 4.84 Å². The second-order valence-corrected chi connectivity index (χ2v) is 3.83. The van der Waals surface area contributed by atoms with E-state index in [4.69, 9.17) is 23.2 Å². The minimum Gasteiger partial charge on any atom is -0.100 e. The van der Waals surface area contributed by atoms with E-state index in [2.05, 4.69) is 15.9 Å². The van der Waals surface area contributed by atoms with E-state index < -0.39 is 4.84 Å². The van der Waals surface area contributed by atoms with Gasteiger partial charge in [-0.15, -0.1) is 23.2 Å². The van der Waals surface area contributed by atoms with Crippen LogP contribution in [0.3, 0.4) is 0 Å². The van der Waals surface area contributed by atoms with Crippen LogP contribution in [-0.4, -0.2) is 0 Å². The molecule has 3 heteroatoms. The Labute approximate surface area is 84.6 Å². The van der Waals surface area contributed by atoms with Gasteiger partial charge < -0.3 is 0 Å². The van der Waals surface area contributed by atoms with Gasteiger partial charge in [-0.3, -0.25) is 0 Å². The maximum absolute atomic E-state index is 5.65. The Morgan fingerprint density at radius 2 is 1.73 bits per heavy atom. The number of hydrogen-bond donors (Lipinski definition) is 0. The molecule has 11 heavy (non-hydrogen) atoms. The molecule has 0 bridgehead atoms. The molecule has 0 unspecified atom stereocenters. The van der Waals surface area contributed by atoms with E-state index in [1.165, 1.54) is 5.56 Å². The highest BCUT2D eigenvalue weighted by molar-refractivity contribution is 9.08. The van der Waals surface area contributed by atoms with Crippen molar-refractivity contribution in [3.8, 4) is 0 Å². The van der Waals surface area contributed by atoms with Crippen LogP contribution in [0.25, 0.3) is 0 Å². The van der Waals surface area contributed by atoms with Gasteiger partial charge in [-0.05, 0) is 11.1 Å². The lowest BCUT2D eigenvalue weighted by Crippen LogP contribution is -1.82. The molecule has 0 aromatic heterocycles. The molecule has 1 aromatic rings. The summed E-state index contributed by atoms with van der Waals surface area (Å²) in [6.07, 6.45) is 0.